The maximum Gasteiger partial charge on any atom is 0.186 e. The molecule has 25 heavy (non-hydrogen) atoms. The Balaban J connectivity index is 2.03. The minimum absolute atomic E-state index is 0.299. The number of rotatable bonds is 5. The molecule has 2 heterocycles. The SMILES string of the molecule is CC(=O)C[C@]1(O)[C@H](O)[C@@H](COC2OC[C@H](O)C(O)C2O)O[C@@H](O)[C@@H]1O. The van der Waals surface area contributed by atoms with Crippen molar-refractivity contribution in [1.82, 2.24) is 0 Å². The predicted molar refractivity (Wildman–Crippen MR) is 76.9 cm³/mol. The molecule has 2 saturated heterocycles. The Labute approximate surface area is 143 Å². The topological polar surface area (TPSA) is 186 Å². The third-order valence-corrected chi connectivity index (χ3v) is 4.37. The largest absolute Gasteiger partial charge is 0.388 e. The Bertz CT molecular complexity index is 474. The normalized spacial score (nSPS) is 48.3. The third kappa shape index (κ3) is 4.17. The molecule has 2 aliphatic rings. The summed E-state index contributed by atoms with van der Waals surface area (Å²) in [6.07, 6.45) is -13.3. The molecule has 9 atom stereocenters. The second kappa shape index (κ2) is 7.88. The number of ether oxygens (including phenoxy) is 3. The van der Waals surface area contributed by atoms with Gasteiger partial charge in [-0.2, -0.15) is 0 Å². The molecule has 11 nitrogen and oxygen atoms in total. The minimum atomic E-state index is -2.35. The van der Waals surface area contributed by atoms with Gasteiger partial charge in [0.05, 0.1) is 13.2 Å². The molecule has 3 unspecified atom stereocenters. The fourth-order valence-electron chi connectivity index (χ4n) is 2.93. The lowest BCUT2D eigenvalue weighted by Crippen LogP contribution is -2.68. The number of aliphatic hydroxyl groups excluding tert-OH is 6. The molecular weight excluding hydrogens is 344 g/mol. The van der Waals surface area contributed by atoms with E-state index in [2.05, 4.69) is 0 Å². The van der Waals surface area contributed by atoms with Crippen molar-refractivity contribution in [2.75, 3.05) is 13.2 Å². The summed E-state index contributed by atoms with van der Waals surface area (Å²) in [7, 11) is 0. The zero-order chi connectivity index (χ0) is 18.9. The second-order valence-corrected chi connectivity index (χ2v) is 6.41. The van der Waals surface area contributed by atoms with Crippen LogP contribution in [0.5, 0.6) is 0 Å². The van der Waals surface area contributed by atoms with E-state index in [1.54, 1.807) is 0 Å². The predicted octanol–water partition coefficient (Wildman–Crippen LogP) is -4.41. The summed E-state index contributed by atoms with van der Waals surface area (Å²) in [5, 5.41) is 68.9. The molecule has 0 saturated carbocycles. The Morgan fingerprint density at radius 2 is 1.76 bits per heavy atom. The van der Waals surface area contributed by atoms with E-state index in [1.807, 2.05) is 0 Å². The summed E-state index contributed by atoms with van der Waals surface area (Å²) < 4.78 is 15.2. The Hall–Kier alpha value is -0.730. The lowest BCUT2D eigenvalue weighted by Gasteiger charge is -2.46. The number of carbonyl (C=O) groups excluding carboxylic acids is 1. The highest BCUT2D eigenvalue weighted by Crippen LogP contribution is 2.32. The van der Waals surface area contributed by atoms with Crippen molar-refractivity contribution in [3.05, 3.63) is 0 Å². The van der Waals surface area contributed by atoms with Gasteiger partial charge < -0.3 is 50.0 Å². The number of hydrogen-bond donors (Lipinski definition) is 7. The highest BCUT2D eigenvalue weighted by atomic mass is 16.7. The van der Waals surface area contributed by atoms with Crippen LogP contribution in [0.4, 0.5) is 0 Å². The standard InChI is InChI=1S/C14H24O11/c1-5(15)2-14(22)10(19)7(25-12(21)11(14)20)4-24-13-9(18)8(17)6(16)3-23-13/h6-13,16-22H,2-4H2,1H3/t6-,7+,8?,9?,10+,11-,12+,13?,14-/m0/s1. The summed E-state index contributed by atoms with van der Waals surface area (Å²) >= 11 is 0. The quantitative estimate of drug-likeness (QED) is 0.248. The fourth-order valence-corrected chi connectivity index (χ4v) is 2.93. The zero-order valence-corrected chi connectivity index (χ0v) is 13.5. The summed E-state index contributed by atoms with van der Waals surface area (Å²) in [6.45, 7) is 0.339. The summed E-state index contributed by atoms with van der Waals surface area (Å²) in [5.74, 6) is -0.530. The van der Waals surface area contributed by atoms with Gasteiger partial charge in [0.2, 0.25) is 0 Å². The van der Waals surface area contributed by atoms with E-state index in [-0.39, 0.29) is 6.61 Å². The first kappa shape index (κ1) is 20.6. The first-order chi connectivity index (χ1) is 11.6. The summed E-state index contributed by atoms with van der Waals surface area (Å²) in [6, 6.07) is 0. The van der Waals surface area contributed by atoms with Crippen LogP contribution in [0.2, 0.25) is 0 Å². The number of ketones is 1. The molecule has 0 aromatic rings. The Morgan fingerprint density at radius 3 is 2.36 bits per heavy atom. The molecule has 0 aliphatic carbocycles. The van der Waals surface area contributed by atoms with Crippen molar-refractivity contribution >= 4 is 5.78 Å². The van der Waals surface area contributed by atoms with Gasteiger partial charge in [0, 0.05) is 6.42 Å². The highest BCUT2D eigenvalue weighted by Gasteiger charge is 2.55. The van der Waals surface area contributed by atoms with E-state index in [0.717, 1.165) is 6.92 Å². The van der Waals surface area contributed by atoms with Gasteiger partial charge in [-0.3, -0.25) is 4.79 Å². The number of hydrogen-bond acceptors (Lipinski definition) is 11. The highest BCUT2D eigenvalue weighted by molar-refractivity contribution is 5.76. The van der Waals surface area contributed by atoms with Gasteiger partial charge in [-0.1, -0.05) is 0 Å². The van der Waals surface area contributed by atoms with Crippen molar-refractivity contribution in [3.63, 3.8) is 0 Å². The molecule has 146 valence electrons. The third-order valence-electron chi connectivity index (χ3n) is 4.37. The molecule has 11 heteroatoms. The van der Waals surface area contributed by atoms with Crippen molar-refractivity contribution in [2.24, 2.45) is 0 Å². The monoisotopic (exact) mass is 368 g/mol. The van der Waals surface area contributed by atoms with Gasteiger partial charge in [-0.15, -0.1) is 0 Å². The summed E-state index contributed by atoms with van der Waals surface area (Å²) in [4.78, 5) is 11.3. The van der Waals surface area contributed by atoms with Gasteiger partial charge in [0.15, 0.2) is 12.6 Å². The van der Waals surface area contributed by atoms with Crippen LogP contribution in [0.25, 0.3) is 0 Å². The van der Waals surface area contributed by atoms with Gasteiger partial charge in [0.25, 0.3) is 0 Å². The average molecular weight is 368 g/mol. The van der Waals surface area contributed by atoms with Gasteiger partial charge in [-0.05, 0) is 6.92 Å². The summed E-state index contributed by atoms with van der Waals surface area (Å²) in [5.41, 5.74) is -2.35. The van der Waals surface area contributed by atoms with Crippen molar-refractivity contribution in [2.45, 2.75) is 68.1 Å². The van der Waals surface area contributed by atoms with Crippen LogP contribution in [0.15, 0.2) is 0 Å². The van der Waals surface area contributed by atoms with Gasteiger partial charge >= 0.3 is 0 Å². The van der Waals surface area contributed by atoms with Crippen molar-refractivity contribution in [3.8, 4) is 0 Å². The molecule has 2 rings (SSSR count). The van der Waals surface area contributed by atoms with Crippen LogP contribution in [0.3, 0.4) is 0 Å². The lowest BCUT2D eigenvalue weighted by molar-refractivity contribution is -0.335. The van der Waals surface area contributed by atoms with E-state index < -0.39 is 73.6 Å². The molecule has 0 spiro atoms. The minimum Gasteiger partial charge on any atom is -0.388 e. The van der Waals surface area contributed by atoms with Crippen molar-refractivity contribution < 1.29 is 54.8 Å². The van der Waals surface area contributed by atoms with E-state index >= 15 is 0 Å². The number of aliphatic hydroxyl groups is 7. The molecule has 0 amide bonds. The van der Waals surface area contributed by atoms with E-state index in [9.17, 15) is 40.5 Å². The van der Waals surface area contributed by atoms with Crippen LogP contribution in [-0.2, 0) is 19.0 Å². The van der Waals surface area contributed by atoms with Crippen LogP contribution in [0.1, 0.15) is 13.3 Å². The lowest BCUT2D eigenvalue weighted by atomic mass is 9.80. The molecule has 0 aromatic heterocycles. The Morgan fingerprint density at radius 1 is 1.12 bits per heavy atom. The van der Waals surface area contributed by atoms with E-state index in [1.165, 1.54) is 0 Å². The molecule has 0 aromatic carbocycles. The zero-order valence-electron chi connectivity index (χ0n) is 13.5. The molecule has 2 fully saturated rings. The number of carbonyl (C=O) groups is 1. The van der Waals surface area contributed by atoms with Crippen LogP contribution in [-0.4, -0.2) is 110 Å². The first-order valence-corrected chi connectivity index (χ1v) is 7.76. The van der Waals surface area contributed by atoms with Crippen LogP contribution >= 0.6 is 0 Å². The molecule has 0 bridgehead atoms. The number of Topliss-reactive ketones (excluding diaryl/α,β-unsaturated/α-hetero) is 1. The smallest absolute Gasteiger partial charge is 0.186 e. The van der Waals surface area contributed by atoms with Crippen LogP contribution in [0, 0.1) is 0 Å². The Kier molecular flexibility index (Phi) is 6.49. The maximum absolute atomic E-state index is 11.3. The van der Waals surface area contributed by atoms with Crippen molar-refractivity contribution in [1.29, 1.82) is 0 Å². The first-order valence-electron chi connectivity index (χ1n) is 7.76. The van der Waals surface area contributed by atoms with Gasteiger partial charge in [-0.25, -0.2) is 0 Å². The maximum atomic E-state index is 11.3. The second-order valence-electron chi connectivity index (χ2n) is 6.41. The van der Waals surface area contributed by atoms with E-state index in [0.29, 0.717) is 0 Å². The fraction of sp³-hybridized carbons (Fsp3) is 0.929. The van der Waals surface area contributed by atoms with Crippen LogP contribution < -0.4 is 0 Å². The molecule has 7 N–H and O–H groups in total. The van der Waals surface area contributed by atoms with Gasteiger partial charge in [0.1, 0.15) is 48.0 Å². The molecule has 2 aliphatic heterocycles. The van der Waals surface area contributed by atoms with E-state index in [4.69, 9.17) is 14.2 Å². The molecule has 0 radical (unpaired) electrons. The molecular formula is C14H24O11. The average Bonchev–Trinajstić information content (AvgIpc) is 2.54.